The Bertz CT molecular complexity index is 2500. The van der Waals surface area contributed by atoms with Crippen LogP contribution in [-0.4, -0.2) is 165 Å². The number of likely N-dealkylation sites (N-methyl/N-ethyl adjacent to an activating group) is 1. The van der Waals surface area contributed by atoms with Crippen LogP contribution in [0.25, 0.3) is 0 Å². The summed E-state index contributed by atoms with van der Waals surface area (Å²) in [5.41, 5.74) is 28.3. The van der Waals surface area contributed by atoms with Gasteiger partial charge in [-0.1, -0.05) is 64.1 Å². The van der Waals surface area contributed by atoms with Crippen LogP contribution in [0.4, 0.5) is 0 Å². The number of nitrogens with one attached hydrogen (secondary N) is 6. The summed E-state index contributed by atoms with van der Waals surface area (Å²) in [6.07, 6.45) is -1.39. The Kier molecular flexibility index (Phi) is 23.8. The number of carbonyl (C=O) groups excluding carboxylic acids is 11. The number of hydrogen-bond acceptors (Lipinski definition) is 15. The fraction of sp³-hybridized carbons (Fsp3) is 0.510. The number of likely N-dealkylation sites (tertiary alicyclic amines) is 1. The van der Waals surface area contributed by atoms with E-state index in [-0.39, 0.29) is 69.1 Å². The Morgan fingerprint density at radius 1 is 0.792 bits per heavy atom. The number of carbonyl (C=O) groups is 11. The third-order valence-corrected chi connectivity index (χ3v) is 15.7. The summed E-state index contributed by atoms with van der Waals surface area (Å²) in [7, 11) is 3.68. The first-order valence-electron chi connectivity index (χ1n) is 24.7. The number of guanidine groups is 1. The molecule has 11 amide bonds. The molecule has 420 valence electrons. The van der Waals surface area contributed by atoms with E-state index >= 15 is 0 Å². The Hall–Kier alpha value is -7.62. The summed E-state index contributed by atoms with van der Waals surface area (Å²) < 4.78 is -0.937. The lowest BCUT2D eigenvalue weighted by atomic mass is 10.00. The molecule has 26 nitrogen and oxygen atoms in total. The number of phenolic OH excluding ortho intramolecular Hbond substituents is 1. The maximum absolute atomic E-state index is 14.8. The summed E-state index contributed by atoms with van der Waals surface area (Å²) in [5.74, 6) is -9.79. The van der Waals surface area contributed by atoms with Gasteiger partial charge in [-0.25, -0.2) is 0 Å². The molecule has 2 heterocycles. The predicted molar refractivity (Wildman–Crippen MR) is 286 cm³/mol. The topological polar surface area (TPSA) is 429 Å². The summed E-state index contributed by atoms with van der Waals surface area (Å²) in [6.45, 7) is 3.07. The van der Waals surface area contributed by atoms with Crippen LogP contribution in [-0.2, 0) is 65.6 Å². The standard InChI is InChI=1S/C49H70N14O12S2/c1-49(2)24-40(68)62(3)36(22-28-13-15-29(64)16-14-28)46(74)60-32(21-27-9-5-4-6-10-27)43(71)57-31(17-18-37(50)65)42(70)59-33(23-38(51)66)44(72)61-34(26-76-77-49)47(75)63-20-8-12-35(63)45(73)58-30(11-7-19-55-48(53)54)41(69)56-25-39(52)67/h4-6,9-10,13-16,30-36,64H,7-8,11-12,17-26H2,1-3H3,(H2,50,65)(H2,51,66)(H2,52,67)(H,56,69)(H,57,71)(H,58,73)(H,59,70)(H,60,74)(H,61,72)(H4,53,54,55)/t30-,31-,32+,33+,34+,35-,36-/m0/s1. The molecule has 2 aliphatic heterocycles. The number of primary amides is 3. The van der Waals surface area contributed by atoms with Crippen LogP contribution < -0.4 is 60.6 Å². The summed E-state index contributed by atoms with van der Waals surface area (Å²) >= 11 is 0. The molecule has 2 fully saturated rings. The Morgan fingerprint density at radius 2 is 1.42 bits per heavy atom. The monoisotopic (exact) mass is 1110 g/mol. The SMILES string of the molecule is CN1C(=O)CC(C)(C)SSC[C@H](C(=O)N2CCC[C@H]2C(=O)N[C@@H](CCCN=C(N)N)C(=O)NCC(N)=O)NC(=O)[C@@H](CC(N)=O)NC(=O)[C@H](CCC(N)=O)NC(=O)[C@@H](Cc2ccccc2)NC(=O)[C@@H]1Cc1ccc(O)cc1. The quantitative estimate of drug-likeness (QED) is 0.0285. The van der Waals surface area contributed by atoms with Gasteiger partial charge in [0.05, 0.1) is 13.0 Å². The van der Waals surface area contributed by atoms with Gasteiger partial charge in [-0.15, -0.1) is 0 Å². The molecule has 2 aromatic carbocycles. The molecule has 17 N–H and O–H groups in total. The highest BCUT2D eigenvalue weighted by atomic mass is 33.1. The fourth-order valence-electron chi connectivity index (χ4n) is 8.34. The van der Waals surface area contributed by atoms with Crippen LogP contribution in [0.1, 0.15) is 76.3 Å². The summed E-state index contributed by atoms with van der Waals surface area (Å²) in [5, 5.41) is 25.4. The second kappa shape index (κ2) is 29.6. The van der Waals surface area contributed by atoms with Crippen molar-refractivity contribution in [2.45, 2.75) is 125 Å². The van der Waals surface area contributed by atoms with E-state index < -0.39 is 138 Å². The fourth-order valence-corrected chi connectivity index (χ4v) is 11.0. The predicted octanol–water partition coefficient (Wildman–Crippen LogP) is -3.22. The molecule has 0 spiro atoms. The number of aromatic hydroxyl groups is 1. The molecule has 77 heavy (non-hydrogen) atoms. The molecule has 2 saturated heterocycles. The van der Waals surface area contributed by atoms with Crippen LogP contribution in [0.3, 0.4) is 0 Å². The first-order valence-corrected chi connectivity index (χ1v) is 27.0. The van der Waals surface area contributed by atoms with Gasteiger partial charge in [0.15, 0.2) is 5.96 Å². The second-order valence-electron chi connectivity index (χ2n) is 19.2. The van der Waals surface area contributed by atoms with E-state index in [1.807, 2.05) is 0 Å². The van der Waals surface area contributed by atoms with E-state index in [1.54, 1.807) is 56.3 Å². The number of phenols is 1. The number of hydrogen-bond donors (Lipinski definition) is 12. The van der Waals surface area contributed by atoms with Gasteiger partial charge in [-0.05, 0) is 69.2 Å². The summed E-state index contributed by atoms with van der Waals surface area (Å²) in [4.78, 5) is 156. The molecule has 2 aliphatic rings. The minimum Gasteiger partial charge on any atom is -0.508 e. The molecule has 4 rings (SSSR count). The zero-order valence-electron chi connectivity index (χ0n) is 43.1. The third-order valence-electron chi connectivity index (χ3n) is 12.4. The molecule has 0 saturated carbocycles. The third kappa shape index (κ3) is 20.5. The van der Waals surface area contributed by atoms with Gasteiger partial charge in [0, 0.05) is 56.3 Å². The average molecular weight is 1110 g/mol. The minimum absolute atomic E-state index is 0.00891. The molecule has 0 unspecified atom stereocenters. The Balaban J connectivity index is 1.76. The van der Waals surface area contributed by atoms with E-state index in [1.165, 1.54) is 39.8 Å². The van der Waals surface area contributed by atoms with Gasteiger partial charge in [-0.2, -0.15) is 0 Å². The van der Waals surface area contributed by atoms with E-state index in [0.29, 0.717) is 17.5 Å². The van der Waals surface area contributed by atoms with E-state index in [0.717, 1.165) is 10.8 Å². The Labute approximate surface area is 453 Å². The number of benzene rings is 2. The zero-order chi connectivity index (χ0) is 57.0. The first-order chi connectivity index (χ1) is 36.3. The van der Waals surface area contributed by atoms with Gasteiger partial charge in [0.25, 0.3) is 0 Å². The van der Waals surface area contributed by atoms with Crippen LogP contribution in [0, 0.1) is 0 Å². The lowest BCUT2D eigenvalue weighted by Gasteiger charge is -2.33. The molecular weight excluding hydrogens is 1040 g/mol. The van der Waals surface area contributed by atoms with Crippen molar-refractivity contribution < 1.29 is 57.8 Å². The maximum atomic E-state index is 14.8. The zero-order valence-corrected chi connectivity index (χ0v) is 44.8. The molecule has 28 heteroatoms. The van der Waals surface area contributed by atoms with Crippen molar-refractivity contribution in [3.63, 3.8) is 0 Å². The summed E-state index contributed by atoms with van der Waals surface area (Å²) in [6, 6.07) is 4.58. The lowest BCUT2D eigenvalue weighted by Crippen LogP contribution is -2.61. The number of amides is 11. The highest BCUT2D eigenvalue weighted by Gasteiger charge is 2.41. The molecule has 0 aliphatic carbocycles. The van der Waals surface area contributed by atoms with Gasteiger partial charge in [0.1, 0.15) is 48.0 Å². The number of rotatable bonds is 19. The molecule has 0 radical (unpaired) electrons. The highest BCUT2D eigenvalue weighted by Crippen LogP contribution is 2.39. The molecule has 0 aromatic heterocycles. The minimum atomic E-state index is -1.78. The first kappa shape index (κ1) is 61.9. The van der Waals surface area contributed by atoms with Gasteiger partial charge >= 0.3 is 0 Å². The average Bonchev–Trinajstić information content (AvgIpc) is 3.86. The van der Waals surface area contributed by atoms with Gasteiger partial charge in [-0.3, -0.25) is 57.7 Å². The maximum Gasteiger partial charge on any atom is 0.246 e. The van der Waals surface area contributed by atoms with E-state index in [4.69, 9.17) is 28.7 Å². The van der Waals surface area contributed by atoms with Crippen LogP contribution >= 0.6 is 21.6 Å². The van der Waals surface area contributed by atoms with Crippen molar-refractivity contribution >= 4 is 92.5 Å². The van der Waals surface area contributed by atoms with Crippen molar-refractivity contribution in [3.8, 4) is 5.75 Å². The van der Waals surface area contributed by atoms with Crippen molar-refractivity contribution in [2.24, 2.45) is 33.7 Å². The normalized spacial score (nSPS) is 22.2. The van der Waals surface area contributed by atoms with Crippen molar-refractivity contribution in [3.05, 3.63) is 65.7 Å². The Morgan fingerprint density at radius 3 is 2.05 bits per heavy atom. The number of nitrogens with zero attached hydrogens (tertiary/aromatic N) is 3. The largest absolute Gasteiger partial charge is 0.508 e. The van der Waals surface area contributed by atoms with Gasteiger partial charge < -0.3 is 75.5 Å². The van der Waals surface area contributed by atoms with Crippen LogP contribution in [0.15, 0.2) is 59.6 Å². The van der Waals surface area contributed by atoms with Crippen LogP contribution in [0.5, 0.6) is 5.75 Å². The van der Waals surface area contributed by atoms with Crippen molar-refractivity contribution in [1.82, 2.24) is 41.7 Å². The second-order valence-corrected chi connectivity index (χ2v) is 22.2. The van der Waals surface area contributed by atoms with Crippen molar-refractivity contribution in [2.75, 3.05) is 32.4 Å². The molecular formula is C49H70N14O12S2. The van der Waals surface area contributed by atoms with Gasteiger partial charge in [0.2, 0.25) is 65.0 Å². The molecule has 0 bridgehead atoms. The smallest absolute Gasteiger partial charge is 0.246 e. The highest BCUT2D eigenvalue weighted by molar-refractivity contribution is 8.77. The number of aliphatic imine (C=N–C) groups is 1. The molecule has 2 aromatic rings. The lowest BCUT2D eigenvalue weighted by molar-refractivity contribution is -0.142. The van der Waals surface area contributed by atoms with E-state index in [2.05, 4.69) is 36.9 Å². The van der Waals surface area contributed by atoms with E-state index in [9.17, 15) is 57.8 Å². The molecule has 7 atom stereocenters. The van der Waals surface area contributed by atoms with Crippen molar-refractivity contribution in [1.29, 1.82) is 0 Å². The number of nitrogens with two attached hydrogens (primary N) is 5. The van der Waals surface area contributed by atoms with Crippen LogP contribution in [0.2, 0.25) is 0 Å².